The smallest absolute Gasteiger partial charge is 0.337 e. The molecule has 2 aromatic rings. The van der Waals surface area contributed by atoms with Crippen LogP contribution < -0.4 is 0 Å². The minimum atomic E-state index is -3.91. The van der Waals surface area contributed by atoms with Gasteiger partial charge in [0.05, 0.1) is 15.5 Å². The van der Waals surface area contributed by atoms with E-state index in [1.165, 1.54) is 0 Å². The molecule has 0 spiro atoms. The molecule has 0 atom stereocenters. The molecule has 5 nitrogen and oxygen atoms in total. The number of rotatable bonds is 4. The Balaban J connectivity index is 2.47. The van der Waals surface area contributed by atoms with Gasteiger partial charge in [0.25, 0.3) is 0 Å². The Labute approximate surface area is 128 Å². The Morgan fingerprint density at radius 3 is 2.67 bits per heavy atom. The number of benzene rings is 1. The van der Waals surface area contributed by atoms with Crippen LogP contribution in [0.4, 0.5) is 4.39 Å². The van der Waals surface area contributed by atoms with Crippen LogP contribution in [0.1, 0.15) is 21.1 Å². The van der Waals surface area contributed by atoms with Gasteiger partial charge in [-0.2, -0.15) is 0 Å². The van der Waals surface area contributed by atoms with E-state index in [-0.39, 0.29) is 0 Å². The second-order valence-corrected chi connectivity index (χ2v) is 7.52. The van der Waals surface area contributed by atoms with Crippen LogP contribution in [-0.2, 0) is 15.6 Å². The molecule has 1 N–H and O–H groups in total. The van der Waals surface area contributed by atoms with Gasteiger partial charge >= 0.3 is 5.97 Å². The summed E-state index contributed by atoms with van der Waals surface area (Å²) in [5.74, 6) is -3.02. The lowest BCUT2D eigenvalue weighted by Crippen LogP contribution is -2.08. The molecule has 0 fully saturated rings. The van der Waals surface area contributed by atoms with Crippen molar-refractivity contribution >= 4 is 38.7 Å². The lowest BCUT2D eigenvalue weighted by Gasteiger charge is -2.06. The summed E-state index contributed by atoms with van der Waals surface area (Å²) in [6, 6.07) is 1.56. The highest BCUT2D eigenvalue weighted by Crippen LogP contribution is 2.27. The van der Waals surface area contributed by atoms with Gasteiger partial charge in [0, 0.05) is 11.1 Å². The third-order valence-electron chi connectivity index (χ3n) is 2.57. The Morgan fingerprint density at radius 2 is 2.14 bits per heavy atom. The van der Waals surface area contributed by atoms with Crippen LogP contribution in [0, 0.1) is 12.7 Å². The van der Waals surface area contributed by atoms with Crippen LogP contribution in [0.15, 0.2) is 22.4 Å². The first-order chi connectivity index (χ1) is 9.70. The zero-order valence-electron chi connectivity index (χ0n) is 10.6. The predicted octanol–water partition coefficient (Wildman–Crippen LogP) is 2.92. The topological polar surface area (TPSA) is 84.3 Å². The third-order valence-corrected chi connectivity index (χ3v) is 5.71. The number of hydrogen-bond donors (Lipinski definition) is 1. The molecular weight excluding hydrogens is 341 g/mol. The van der Waals surface area contributed by atoms with Crippen molar-refractivity contribution in [3.63, 3.8) is 0 Å². The van der Waals surface area contributed by atoms with Gasteiger partial charge in [-0.25, -0.2) is 22.6 Å². The maximum Gasteiger partial charge on any atom is 0.337 e. The molecule has 0 aliphatic heterocycles. The van der Waals surface area contributed by atoms with Gasteiger partial charge in [-0.15, -0.1) is 11.3 Å². The fourth-order valence-electron chi connectivity index (χ4n) is 1.61. The van der Waals surface area contributed by atoms with E-state index in [2.05, 4.69) is 4.98 Å². The van der Waals surface area contributed by atoms with Gasteiger partial charge in [0.2, 0.25) is 0 Å². The summed E-state index contributed by atoms with van der Waals surface area (Å²) in [7, 11) is -3.91. The summed E-state index contributed by atoms with van der Waals surface area (Å²) in [6.07, 6.45) is 0. The number of carbonyl (C=O) groups is 1. The second-order valence-electron chi connectivity index (χ2n) is 4.21. The molecular formula is C12H9ClFNO4S2. The van der Waals surface area contributed by atoms with E-state index in [0.717, 1.165) is 17.4 Å². The molecule has 21 heavy (non-hydrogen) atoms. The minimum absolute atomic E-state index is 0.347. The van der Waals surface area contributed by atoms with Gasteiger partial charge in [-0.3, -0.25) is 0 Å². The van der Waals surface area contributed by atoms with E-state index >= 15 is 0 Å². The summed E-state index contributed by atoms with van der Waals surface area (Å²) in [6.45, 7) is 1.72. The fourth-order valence-corrected chi connectivity index (χ4v) is 4.23. The number of aromatic carboxylic acids is 1. The molecule has 112 valence electrons. The van der Waals surface area contributed by atoms with E-state index in [0.29, 0.717) is 16.8 Å². The van der Waals surface area contributed by atoms with E-state index < -0.39 is 42.9 Å². The average Bonchev–Trinajstić information content (AvgIpc) is 2.76. The molecule has 1 heterocycles. The molecule has 1 aromatic heterocycles. The van der Waals surface area contributed by atoms with Gasteiger partial charge < -0.3 is 5.11 Å². The molecule has 0 radical (unpaired) electrons. The van der Waals surface area contributed by atoms with Gasteiger partial charge in [0.1, 0.15) is 16.6 Å². The standard InChI is InChI=1S/C12H9ClFNO4S2/c1-6-4-20-10(15-6)5-21(18,19)7-2-8(12(16)17)11(13)9(14)3-7/h2-4H,5H2,1H3,(H,16,17). The minimum Gasteiger partial charge on any atom is -0.478 e. The van der Waals surface area contributed by atoms with E-state index in [4.69, 9.17) is 16.7 Å². The lowest BCUT2D eigenvalue weighted by molar-refractivity contribution is 0.0696. The first-order valence-corrected chi connectivity index (χ1v) is 8.48. The Kier molecular flexibility index (Phi) is 4.31. The maximum absolute atomic E-state index is 13.6. The molecule has 2 rings (SSSR count). The van der Waals surface area contributed by atoms with Gasteiger partial charge in [-0.1, -0.05) is 11.6 Å². The number of carboxylic acid groups (broad SMARTS) is 1. The van der Waals surface area contributed by atoms with Crippen molar-refractivity contribution in [1.82, 2.24) is 4.98 Å². The lowest BCUT2D eigenvalue weighted by atomic mass is 10.2. The number of thiazole rings is 1. The Bertz CT molecular complexity index is 817. The predicted molar refractivity (Wildman–Crippen MR) is 76.1 cm³/mol. The van der Waals surface area contributed by atoms with E-state index in [9.17, 15) is 17.6 Å². The molecule has 0 aliphatic carbocycles. The SMILES string of the molecule is Cc1csc(CS(=O)(=O)c2cc(F)c(Cl)c(C(=O)O)c2)n1. The van der Waals surface area contributed by atoms with Crippen molar-refractivity contribution in [2.45, 2.75) is 17.6 Å². The van der Waals surface area contributed by atoms with Crippen LogP contribution in [0.25, 0.3) is 0 Å². The summed E-state index contributed by atoms with van der Waals surface area (Å²) in [5.41, 5.74) is 0.0873. The number of carboxylic acids is 1. The molecule has 9 heteroatoms. The highest BCUT2D eigenvalue weighted by atomic mass is 35.5. The highest BCUT2D eigenvalue weighted by Gasteiger charge is 2.23. The Morgan fingerprint density at radius 1 is 1.48 bits per heavy atom. The number of nitrogens with zero attached hydrogens (tertiary/aromatic N) is 1. The fraction of sp³-hybridized carbons (Fsp3) is 0.167. The van der Waals surface area contributed by atoms with E-state index in [1.807, 2.05) is 0 Å². The number of hydrogen-bond acceptors (Lipinski definition) is 5. The molecule has 0 saturated heterocycles. The number of halogens is 2. The molecule has 1 aromatic carbocycles. The average molecular weight is 350 g/mol. The largest absolute Gasteiger partial charge is 0.478 e. The van der Waals surface area contributed by atoms with Crippen molar-refractivity contribution in [1.29, 1.82) is 0 Å². The number of aromatic nitrogens is 1. The van der Waals surface area contributed by atoms with Gasteiger partial charge in [-0.05, 0) is 19.1 Å². The van der Waals surface area contributed by atoms with E-state index in [1.54, 1.807) is 12.3 Å². The monoisotopic (exact) mass is 349 g/mol. The molecule has 0 saturated carbocycles. The first kappa shape index (κ1) is 15.9. The maximum atomic E-state index is 13.6. The summed E-state index contributed by atoms with van der Waals surface area (Å²) in [5, 5.41) is 10.3. The van der Waals surface area contributed by atoms with Crippen LogP contribution >= 0.6 is 22.9 Å². The van der Waals surface area contributed by atoms with Crippen molar-refractivity contribution < 1.29 is 22.7 Å². The summed E-state index contributed by atoms with van der Waals surface area (Å²) in [4.78, 5) is 14.5. The van der Waals surface area contributed by atoms with Crippen LogP contribution in [-0.4, -0.2) is 24.5 Å². The third kappa shape index (κ3) is 3.39. The Hall–Kier alpha value is -1.51. The van der Waals surface area contributed by atoms with Gasteiger partial charge in [0.15, 0.2) is 9.84 Å². The highest BCUT2D eigenvalue weighted by molar-refractivity contribution is 7.90. The van der Waals surface area contributed by atoms with Crippen molar-refractivity contribution in [2.24, 2.45) is 0 Å². The number of sulfone groups is 1. The molecule has 0 aliphatic rings. The van der Waals surface area contributed by atoms with Crippen molar-refractivity contribution in [2.75, 3.05) is 0 Å². The molecule has 0 amide bonds. The van der Waals surface area contributed by atoms with Crippen LogP contribution in [0.5, 0.6) is 0 Å². The molecule has 0 bridgehead atoms. The summed E-state index contributed by atoms with van der Waals surface area (Å²) >= 11 is 6.68. The van der Waals surface area contributed by atoms with Crippen molar-refractivity contribution in [3.8, 4) is 0 Å². The van der Waals surface area contributed by atoms with Crippen molar-refractivity contribution in [3.05, 3.63) is 44.6 Å². The normalized spacial score (nSPS) is 11.6. The second kappa shape index (κ2) is 5.70. The van der Waals surface area contributed by atoms with Crippen LogP contribution in [0.2, 0.25) is 5.02 Å². The number of aryl methyl sites for hydroxylation is 1. The zero-order valence-corrected chi connectivity index (χ0v) is 13.0. The molecule has 0 unspecified atom stereocenters. The van der Waals surface area contributed by atoms with Crippen LogP contribution in [0.3, 0.4) is 0 Å². The zero-order chi connectivity index (χ0) is 15.8. The quantitative estimate of drug-likeness (QED) is 0.917. The first-order valence-electron chi connectivity index (χ1n) is 5.57. The summed E-state index contributed by atoms with van der Waals surface area (Å²) < 4.78 is 38.0.